The van der Waals surface area contributed by atoms with E-state index in [0.29, 0.717) is 23.7 Å². The molecule has 0 saturated carbocycles. The van der Waals surface area contributed by atoms with Crippen LogP contribution >= 0.6 is 11.6 Å². The van der Waals surface area contributed by atoms with Gasteiger partial charge in [-0.3, -0.25) is 9.69 Å². The molecule has 2 atom stereocenters. The molecule has 2 saturated heterocycles. The number of amides is 2. The van der Waals surface area contributed by atoms with Crippen LogP contribution < -0.4 is 4.90 Å². The van der Waals surface area contributed by atoms with E-state index in [1.54, 1.807) is 64.6 Å². The standard InChI is InChI=1S/C23H31ClN2O5/c1-21(2,3)30-19(28)17-11-23(14-26(17)20(29)31-22(4,5)6)12-18(27)25(13-23)16-9-7-8-15(24)10-16/h7-10,17H,11-14H2,1-6H3. The lowest BCUT2D eigenvalue weighted by Crippen LogP contribution is -2.45. The molecule has 170 valence electrons. The number of rotatable bonds is 2. The molecule has 0 radical (unpaired) electrons. The fourth-order valence-electron chi connectivity index (χ4n) is 4.17. The topological polar surface area (TPSA) is 76.2 Å². The van der Waals surface area contributed by atoms with E-state index in [0.717, 1.165) is 0 Å². The maximum Gasteiger partial charge on any atom is 0.411 e. The number of nitrogens with zero attached hydrogens (tertiary/aromatic N) is 2. The fraction of sp³-hybridized carbons (Fsp3) is 0.609. The van der Waals surface area contributed by atoms with Gasteiger partial charge in [-0.25, -0.2) is 9.59 Å². The van der Waals surface area contributed by atoms with E-state index in [9.17, 15) is 14.4 Å². The molecule has 2 amide bonds. The molecular formula is C23H31ClN2O5. The highest BCUT2D eigenvalue weighted by atomic mass is 35.5. The Bertz CT molecular complexity index is 851. The average molecular weight is 451 g/mol. The lowest BCUT2D eigenvalue weighted by atomic mass is 9.84. The van der Waals surface area contributed by atoms with Gasteiger partial charge >= 0.3 is 12.1 Å². The summed E-state index contributed by atoms with van der Waals surface area (Å²) >= 11 is 6.11. The van der Waals surface area contributed by atoms with Gasteiger partial charge < -0.3 is 14.4 Å². The Balaban J connectivity index is 1.87. The first-order valence-electron chi connectivity index (χ1n) is 10.5. The Labute approximate surface area is 188 Å². The van der Waals surface area contributed by atoms with Crippen molar-refractivity contribution in [3.8, 4) is 0 Å². The van der Waals surface area contributed by atoms with Gasteiger partial charge in [0.15, 0.2) is 0 Å². The molecule has 2 heterocycles. The van der Waals surface area contributed by atoms with Crippen LogP contribution in [0.25, 0.3) is 0 Å². The second-order valence-corrected chi connectivity index (χ2v) is 10.9. The second kappa shape index (κ2) is 8.01. The van der Waals surface area contributed by atoms with Crippen LogP contribution in [0.3, 0.4) is 0 Å². The molecule has 0 aliphatic carbocycles. The molecule has 2 aliphatic rings. The molecule has 8 heteroatoms. The third-order valence-electron chi connectivity index (χ3n) is 5.26. The summed E-state index contributed by atoms with van der Waals surface area (Å²) in [5.41, 5.74) is -1.24. The minimum absolute atomic E-state index is 0.0590. The highest BCUT2D eigenvalue weighted by molar-refractivity contribution is 6.30. The van der Waals surface area contributed by atoms with Crippen LogP contribution in [-0.4, -0.2) is 53.2 Å². The van der Waals surface area contributed by atoms with E-state index >= 15 is 0 Å². The Morgan fingerprint density at radius 3 is 2.29 bits per heavy atom. The molecule has 1 aromatic carbocycles. The first kappa shape index (κ1) is 23.4. The van der Waals surface area contributed by atoms with Gasteiger partial charge in [-0.15, -0.1) is 0 Å². The number of halogens is 1. The molecular weight excluding hydrogens is 420 g/mol. The van der Waals surface area contributed by atoms with E-state index in [1.165, 1.54) is 4.90 Å². The molecule has 31 heavy (non-hydrogen) atoms. The summed E-state index contributed by atoms with van der Waals surface area (Å²) < 4.78 is 11.1. The first-order chi connectivity index (χ1) is 14.2. The van der Waals surface area contributed by atoms with Crippen molar-refractivity contribution in [2.75, 3.05) is 18.0 Å². The Morgan fingerprint density at radius 2 is 1.71 bits per heavy atom. The maximum atomic E-state index is 13.0. The van der Waals surface area contributed by atoms with E-state index in [4.69, 9.17) is 21.1 Å². The van der Waals surface area contributed by atoms with Crippen LogP contribution in [0.4, 0.5) is 10.5 Å². The minimum Gasteiger partial charge on any atom is -0.458 e. The van der Waals surface area contributed by atoms with E-state index in [2.05, 4.69) is 0 Å². The molecule has 2 unspecified atom stereocenters. The number of carbonyl (C=O) groups excluding carboxylic acids is 3. The van der Waals surface area contributed by atoms with Gasteiger partial charge in [-0.2, -0.15) is 0 Å². The second-order valence-electron chi connectivity index (χ2n) is 10.5. The zero-order valence-electron chi connectivity index (χ0n) is 19.0. The largest absolute Gasteiger partial charge is 0.458 e. The van der Waals surface area contributed by atoms with Crippen molar-refractivity contribution in [3.63, 3.8) is 0 Å². The number of hydrogen-bond acceptors (Lipinski definition) is 5. The molecule has 1 spiro atoms. The first-order valence-corrected chi connectivity index (χ1v) is 10.8. The van der Waals surface area contributed by atoms with Crippen molar-refractivity contribution in [3.05, 3.63) is 29.3 Å². The Hall–Kier alpha value is -2.28. The Kier molecular flexibility index (Phi) is 6.04. The van der Waals surface area contributed by atoms with Crippen molar-refractivity contribution in [1.82, 2.24) is 4.90 Å². The van der Waals surface area contributed by atoms with Crippen molar-refractivity contribution >= 4 is 35.3 Å². The number of ether oxygens (including phenoxy) is 2. The summed E-state index contributed by atoms with van der Waals surface area (Å²) in [7, 11) is 0. The molecule has 2 aliphatic heterocycles. The maximum absolute atomic E-state index is 13.0. The van der Waals surface area contributed by atoms with Crippen molar-refractivity contribution in [1.29, 1.82) is 0 Å². The van der Waals surface area contributed by atoms with Gasteiger partial charge in [-0.1, -0.05) is 17.7 Å². The van der Waals surface area contributed by atoms with Gasteiger partial charge in [0, 0.05) is 35.6 Å². The quantitative estimate of drug-likeness (QED) is 0.623. The number of benzene rings is 1. The van der Waals surface area contributed by atoms with E-state index in [-0.39, 0.29) is 18.9 Å². The van der Waals surface area contributed by atoms with Crippen LogP contribution in [0.1, 0.15) is 54.4 Å². The third-order valence-corrected chi connectivity index (χ3v) is 5.49. The molecule has 1 aromatic rings. The van der Waals surface area contributed by atoms with Crippen LogP contribution in [0.15, 0.2) is 24.3 Å². The Morgan fingerprint density at radius 1 is 1.06 bits per heavy atom. The van der Waals surface area contributed by atoms with Crippen LogP contribution in [0, 0.1) is 5.41 Å². The molecule has 0 bridgehead atoms. The molecule has 0 N–H and O–H groups in total. The van der Waals surface area contributed by atoms with Crippen molar-refractivity contribution in [2.45, 2.75) is 71.6 Å². The zero-order valence-corrected chi connectivity index (χ0v) is 19.8. The van der Waals surface area contributed by atoms with Gasteiger partial charge in [-0.05, 0) is 66.2 Å². The molecule has 7 nitrogen and oxygen atoms in total. The van der Waals surface area contributed by atoms with Gasteiger partial charge in [0.1, 0.15) is 17.2 Å². The van der Waals surface area contributed by atoms with Crippen LogP contribution in [0.2, 0.25) is 5.02 Å². The lowest BCUT2D eigenvalue weighted by Gasteiger charge is -2.29. The number of likely N-dealkylation sites (tertiary alicyclic amines) is 1. The third kappa shape index (κ3) is 5.50. The number of anilines is 1. The number of carbonyl (C=O) groups is 3. The van der Waals surface area contributed by atoms with Gasteiger partial charge in [0.05, 0.1) is 0 Å². The van der Waals surface area contributed by atoms with E-state index in [1.807, 2.05) is 6.07 Å². The van der Waals surface area contributed by atoms with Crippen molar-refractivity contribution in [2.24, 2.45) is 5.41 Å². The summed E-state index contributed by atoms with van der Waals surface area (Å²) in [6.45, 7) is 11.3. The molecule has 2 fully saturated rings. The minimum atomic E-state index is -0.804. The summed E-state index contributed by atoms with van der Waals surface area (Å²) in [4.78, 5) is 41.9. The molecule has 0 aromatic heterocycles. The van der Waals surface area contributed by atoms with Crippen LogP contribution in [0.5, 0.6) is 0 Å². The predicted molar refractivity (Wildman–Crippen MR) is 118 cm³/mol. The van der Waals surface area contributed by atoms with Crippen molar-refractivity contribution < 1.29 is 23.9 Å². The van der Waals surface area contributed by atoms with E-state index < -0.39 is 34.7 Å². The highest BCUT2D eigenvalue weighted by Gasteiger charge is 2.56. The number of hydrogen-bond donors (Lipinski definition) is 0. The summed E-state index contributed by atoms with van der Waals surface area (Å²) in [5, 5.41) is 0.541. The normalized spacial score (nSPS) is 24.1. The lowest BCUT2D eigenvalue weighted by molar-refractivity contribution is -0.160. The number of esters is 1. The SMILES string of the molecule is CC(C)(C)OC(=O)C1CC2(CC(=O)N(c3cccc(Cl)c3)C2)CN1C(=O)OC(C)(C)C. The van der Waals surface area contributed by atoms with Gasteiger partial charge in [0.25, 0.3) is 0 Å². The summed E-state index contributed by atoms with van der Waals surface area (Å²) in [5.74, 6) is -0.542. The fourth-order valence-corrected chi connectivity index (χ4v) is 4.35. The predicted octanol–water partition coefficient (Wildman–Crippen LogP) is 4.41. The van der Waals surface area contributed by atoms with Gasteiger partial charge in [0.2, 0.25) is 5.91 Å². The highest BCUT2D eigenvalue weighted by Crippen LogP contribution is 2.45. The average Bonchev–Trinajstić information content (AvgIpc) is 3.12. The summed E-state index contributed by atoms with van der Waals surface area (Å²) in [6.07, 6.45) is -0.00360. The molecule has 3 rings (SSSR count). The zero-order chi connectivity index (χ0) is 23.2. The van der Waals surface area contributed by atoms with Crippen LogP contribution in [-0.2, 0) is 19.1 Å². The smallest absolute Gasteiger partial charge is 0.411 e. The monoisotopic (exact) mass is 450 g/mol. The summed E-state index contributed by atoms with van der Waals surface area (Å²) in [6, 6.07) is 6.31.